The third-order valence-electron chi connectivity index (χ3n) is 4.45. The zero-order chi connectivity index (χ0) is 17.4. The second-order valence-electron chi connectivity index (χ2n) is 6.11. The normalized spacial score (nSPS) is 13.8. The molecule has 1 aliphatic rings. The first-order chi connectivity index (χ1) is 12.2. The minimum atomic E-state index is -0.928. The number of benzene rings is 1. The maximum absolute atomic E-state index is 11.2. The highest BCUT2D eigenvalue weighted by Crippen LogP contribution is 2.46. The van der Waals surface area contributed by atoms with Gasteiger partial charge in [0.2, 0.25) is 0 Å². The summed E-state index contributed by atoms with van der Waals surface area (Å²) >= 11 is 2.92. The molecular formula is C19H18N2O2S2. The molecule has 1 fully saturated rings. The Morgan fingerprint density at radius 3 is 2.80 bits per heavy atom. The molecule has 0 bridgehead atoms. The smallest absolute Gasteiger partial charge is 0.347 e. The molecule has 2 aromatic heterocycles. The van der Waals surface area contributed by atoms with E-state index in [1.807, 2.05) is 0 Å². The number of nitrogens with zero attached hydrogens (tertiary/aromatic N) is 2. The number of thiazole rings is 1. The molecule has 0 saturated heterocycles. The summed E-state index contributed by atoms with van der Waals surface area (Å²) in [6, 6.07) is 8.75. The van der Waals surface area contributed by atoms with Gasteiger partial charge in [-0.1, -0.05) is 17.4 Å². The molecule has 6 heteroatoms. The van der Waals surface area contributed by atoms with Crippen LogP contribution in [0.2, 0.25) is 0 Å². The maximum Gasteiger partial charge on any atom is 0.347 e. The fraction of sp³-hybridized carbons (Fsp3) is 0.263. The van der Waals surface area contributed by atoms with E-state index in [4.69, 9.17) is 5.11 Å². The van der Waals surface area contributed by atoms with Crippen molar-refractivity contribution < 1.29 is 9.90 Å². The summed E-state index contributed by atoms with van der Waals surface area (Å²) in [6.07, 6.45) is 3.97. The molecule has 3 aromatic rings. The van der Waals surface area contributed by atoms with Gasteiger partial charge in [-0.3, -0.25) is 0 Å². The largest absolute Gasteiger partial charge is 0.477 e. The number of rotatable bonds is 6. The summed E-state index contributed by atoms with van der Waals surface area (Å²) in [5.74, 6) is -0.250. The number of aromatic nitrogens is 1. The van der Waals surface area contributed by atoms with Crippen molar-refractivity contribution in [3.8, 4) is 11.1 Å². The molecule has 1 aliphatic carbocycles. The molecular weight excluding hydrogens is 352 g/mol. The van der Waals surface area contributed by atoms with Crippen LogP contribution < -0.4 is 4.90 Å². The van der Waals surface area contributed by atoms with E-state index in [0.29, 0.717) is 5.92 Å². The Morgan fingerprint density at radius 2 is 2.20 bits per heavy atom. The second-order valence-corrected chi connectivity index (χ2v) is 7.90. The Labute approximate surface area is 154 Å². The van der Waals surface area contributed by atoms with E-state index in [0.717, 1.165) is 17.4 Å². The number of anilines is 2. The minimum absolute atomic E-state index is 0.265. The van der Waals surface area contributed by atoms with Gasteiger partial charge in [0, 0.05) is 12.2 Å². The van der Waals surface area contributed by atoms with E-state index >= 15 is 0 Å². The van der Waals surface area contributed by atoms with Gasteiger partial charge in [-0.25, -0.2) is 9.78 Å². The lowest BCUT2D eigenvalue weighted by molar-refractivity contribution is 0.0702. The summed E-state index contributed by atoms with van der Waals surface area (Å²) in [6.45, 7) is 2.79. The number of carbonyl (C=O) groups is 1. The molecule has 128 valence electrons. The number of carboxylic acids is 1. The first kappa shape index (κ1) is 16.3. The van der Waals surface area contributed by atoms with Crippen LogP contribution in [0.1, 0.15) is 40.9 Å². The van der Waals surface area contributed by atoms with Crippen LogP contribution in [0.5, 0.6) is 0 Å². The molecule has 25 heavy (non-hydrogen) atoms. The Balaban J connectivity index is 1.75. The van der Waals surface area contributed by atoms with E-state index in [9.17, 15) is 4.79 Å². The fourth-order valence-electron chi connectivity index (χ4n) is 3.05. The summed E-state index contributed by atoms with van der Waals surface area (Å²) in [7, 11) is 0. The molecule has 2 heterocycles. The zero-order valence-electron chi connectivity index (χ0n) is 13.8. The molecule has 0 atom stereocenters. The van der Waals surface area contributed by atoms with Crippen LogP contribution >= 0.6 is 22.7 Å². The van der Waals surface area contributed by atoms with Crippen molar-refractivity contribution in [1.82, 2.24) is 4.98 Å². The summed E-state index contributed by atoms with van der Waals surface area (Å²) < 4.78 is 0. The Hall–Kier alpha value is -2.18. The standard InChI is InChI=1S/C19H18N2O2S2/c1-2-21(19-20-10-17(25-19)18(22)23)14-5-6-15(12-3-4-12)16(9-14)13-7-8-24-11-13/h5-12H,2-4H2,1H3,(H,22,23). The number of hydrogen-bond donors (Lipinski definition) is 1. The lowest BCUT2D eigenvalue weighted by Crippen LogP contribution is -2.15. The molecule has 0 spiro atoms. The van der Waals surface area contributed by atoms with E-state index in [1.54, 1.807) is 11.3 Å². The molecule has 4 nitrogen and oxygen atoms in total. The summed E-state index contributed by atoms with van der Waals surface area (Å²) in [4.78, 5) is 17.8. The van der Waals surface area contributed by atoms with Crippen LogP contribution in [0, 0.1) is 0 Å². The molecule has 0 aliphatic heterocycles. The lowest BCUT2D eigenvalue weighted by Gasteiger charge is -2.22. The average Bonchev–Trinajstić information content (AvgIpc) is 3.11. The highest BCUT2D eigenvalue weighted by molar-refractivity contribution is 7.17. The Morgan fingerprint density at radius 1 is 1.36 bits per heavy atom. The number of thiophene rings is 1. The minimum Gasteiger partial charge on any atom is -0.477 e. The van der Waals surface area contributed by atoms with Crippen molar-refractivity contribution in [2.24, 2.45) is 0 Å². The SMILES string of the molecule is CCN(c1ccc(C2CC2)c(-c2ccsc2)c1)c1ncc(C(=O)O)s1. The van der Waals surface area contributed by atoms with Crippen molar-refractivity contribution >= 4 is 39.5 Å². The molecule has 1 aromatic carbocycles. The predicted octanol–water partition coefficient (Wildman–Crippen LogP) is 5.61. The van der Waals surface area contributed by atoms with Gasteiger partial charge >= 0.3 is 5.97 Å². The molecule has 0 radical (unpaired) electrons. The zero-order valence-corrected chi connectivity index (χ0v) is 15.4. The highest BCUT2D eigenvalue weighted by atomic mass is 32.1. The molecule has 4 rings (SSSR count). The number of aromatic carboxylic acids is 1. The van der Waals surface area contributed by atoms with Crippen LogP contribution in [0.25, 0.3) is 11.1 Å². The van der Waals surface area contributed by atoms with Crippen LogP contribution in [-0.4, -0.2) is 22.6 Å². The van der Waals surface area contributed by atoms with Gasteiger partial charge in [0.05, 0.1) is 6.20 Å². The third kappa shape index (κ3) is 3.19. The molecule has 1 saturated carbocycles. The maximum atomic E-state index is 11.2. The topological polar surface area (TPSA) is 53.4 Å². The second kappa shape index (κ2) is 6.61. The van der Waals surface area contributed by atoms with Crippen LogP contribution in [0.4, 0.5) is 10.8 Å². The van der Waals surface area contributed by atoms with Gasteiger partial charge in [-0.05, 0) is 71.3 Å². The van der Waals surface area contributed by atoms with E-state index in [1.165, 1.54) is 47.1 Å². The van der Waals surface area contributed by atoms with Crippen molar-refractivity contribution in [2.75, 3.05) is 11.4 Å². The average molecular weight is 370 g/mol. The van der Waals surface area contributed by atoms with Gasteiger partial charge in [0.15, 0.2) is 5.13 Å². The van der Waals surface area contributed by atoms with Crippen LogP contribution in [0.3, 0.4) is 0 Å². The third-order valence-corrected chi connectivity index (χ3v) is 6.14. The van der Waals surface area contributed by atoms with Crippen LogP contribution in [-0.2, 0) is 0 Å². The number of hydrogen-bond acceptors (Lipinski definition) is 5. The Bertz CT molecular complexity index is 898. The summed E-state index contributed by atoms with van der Waals surface area (Å²) in [5.41, 5.74) is 5.02. The summed E-state index contributed by atoms with van der Waals surface area (Å²) in [5, 5.41) is 14.2. The Kier molecular flexibility index (Phi) is 4.31. The van der Waals surface area contributed by atoms with E-state index in [-0.39, 0.29) is 4.88 Å². The van der Waals surface area contributed by atoms with E-state index in [2.05, 4.69) is 51.8 Å². The number of carboxylic acid groups (broad SMARTS) is 1. The van der Waals surface area contributed by atoms with Crippen LogP contribution in [0.15, 0.2) is 41.2 Å². The fourth-order valence-corrected chi connectivity index (χ4v) is 4.54. The highest BCUT2D eigenvalue weighted by Gasteiger charge is 2.27. The quantitative estimate of drug-likeness (QED) is 0.613. The van der Waals surface area contributed by atoms with Crippen molar-refractivity contribution in [3.63, 3.8) is 0 Å². The molecule has 0 amide bonds. The first-order valence-electron chi connectivity index (χ1n) is 8.30. The van der Waals surface area contributed by atoms with Gasteiger partial charge in [-0.2, -0.15) is 11.3 Å². The first-order valence-corrected chi connectivity index (χ1v) is 10.1. The van der Waals surface area contributed by atoms with Crippen molar-refractivity contribution in [3.05, 3.63) is 51.7 Å². The van der Waals surface area contributed by atoms with Gasteiger partial charge < -0.3 is 10.0 Å². The van der Waals surface area contributed by atoms with Gasteiger partial charge in [0.1, 0.15) is 4.88 Å². The molecule has 0 unspecified atom stereocenters. The van der Waals surface area contributed by atoms with Crippen molar-refractivity contribution in [2.45, 2.75) is 25.7 Å². The van der Waals surface area contributed by atoms with Gasteiger partial charge in [0.25, 0.3) is 0 Å². The van der Waals surface area contributed by atoms with Crippen molar-refractivity contribution in [1.29, 1.82) is 0 Å². The van der Waals surface area contributed by atoms with E-state index < -0.39 is 5.97 Å². The predicted molar refractivity (Wildman–Crippen MR) is 103 cm³/mol. The van der Waals surface area contributed by atoms with Gasteiger partial charge in [-0.15, -0.1) is 0 Å². The lowest BCUT2D eigenvalue weighted by atomic mass is 9.97. The monoisotopic (exact) mass is 370 g/mol. The molecule has 1 N–H and O–H groups in total.